The molecule has 0 spiro atoms. The van der Waals surface area contributed by atoms with E-state index in [2.05, 4.69) is 15.4 Å². The molecule has 0 fully saturated rings. The first-order chi connectivity index (χ1) is 16.0. The molecule has 0 saturated carbocycles. The van der Waals surface area contributed by atoms with Gasteiger partial charge in [0.2, 0.25) is 0 Å². The van der Waals surface area contributed by atoms with Gasteiger partial charge in [-0.1, -0.05) is 6.07 Å². The maximum absolute atomic E-state index is 13.4. The molecule has 1 aliphatic rings. The molecule has 9 nitrogen and oxygen atoms in total. The number of carbonyl (C=O) groups is 2. The maximum Gasteiger partial charge on any atom is 0.274 e. The number of hydrogen-bond acceptors (Lipinski definition) is 5. The van der Waals surface area contributed by atoms with Crippen molar-refractivity contribution in [1.29, 1.82) is 0 Å². The molecule has 5 rings (SSSR count). The third kappa shape index (κ3) is 3.82. The zero-order chi connectivity index (χ0) is 22.9. The zero-order valence-electron chi connectivity index (χ0n) is 18.5. The number of pyridine rings is 1. The topological polar surface area (TPSA) is 93.8 Å². The largest absolute Gasteiger partial charge is 0.497 e. The number of nitrogens with zero attached hydrogens (tertiary/aromatic N) is 5. The predicted octanol–water partition coefficient (Wildman–Crippen LogP) is 3.15. The summed E-state index contributed by atoms with van der Waals surface area (Å²) in [5.41, 5.74) is 3.79. The molecule has 3 aromatic heterocycles. The number of benzene rings is 1. The summed E-state index contributed by atoms with van der Waals surface area (Å²) >= 11 is 0. The standard InChI is InChI=1S/C24H24N6O3/c1-16-22(27-21-6-3-4-12-29(16)21)24(32)28-11-5-13-30-20(15-28)19(14-25-30)23(31)26-17-7-9-18(33-2)10-8-17/h3-4,6-10,12,14H,5,11,13,15H2,1-2H3,(H,26,31). The quantitative estimate of drug-likeness (QED) is 0.522. The van der Waals surface area contributed by atoms with Gasteiger partial charge in [-0.2, -0.15) is 5.10 Å². The Morgan fingerprint density at radius 3 is 2.67 bits per heavy atom. The van der Waals surface area contributed by atoms with E-state index in [-0.39, 0.29) is 18.4 Å². The average molecular weight is 444 g/mol. The third-order valence-corrected chi connectivity index (χ3v) is 5.94. The highest BCUT2D eigenvalue weighted by molar-refractivity contribution is 6.05. The van der Waals surface area contributed by atoms with E-state index in [4.69, 9.17) is 4.74 Å². The van der Waals surface area contributed by atoms with Gasteiger partial charge in [-0.3, -0.25) is 14.3 Å². The van der Waals surface area contributed by atoms with Crippen LogP contribution in [0.4, 0.5) is 5.69 Å². The second kappa shape index (κ2) is 8.42. The molecule has 0 bridgehead atoms. The molecule has 0 atom stereocenters. The smallest absolute Gasteiger partial charge is 0.274 e. The number of nitrogens with one attached hydrogen (secondary N) is 1. The summed E-state index contributed by atoms with van der Waals surface area (Å²) in [6, 6.07) is 12.8. The van der Waals surface area contributed by atoms with Gasteiger partial charge in [-0.05, 0) is 49.7 Å². The van der Waals surface area contributed by atoms with Crippen LogP contribution in [0, 0.1) is 6.92 Å². The van der Waals surface area contributed by atoms with Crippen molar-refractivity contribution >= 4 is 23.1 Å². The lowest BCUT2D eigenvalue weighted by atomic mass is 10.2. The van der Waals surface area contributed by atoms with Crippen molar-refractivity contribution in [3.05, 3.63) is 77.5 Å². The fraction of sp³-hybridized carbons (Fsp3) is 0.250. The Kier molecular flexibility index (Phi) is 5.29. The number of rotatable bonds is 4. The van der Waals surface area contributed by atoms with E-state index in [0.717, 1.165) is 17.8 Å². The molecule has 1 N–H and O–H groups in total. The number of ether oxygens (including phenoxy) is 1. The number of methoxy groups -OCH3 is 1. The number of amides is 2. The molecule has 2 amide bonds. The summed E-state index contributed by atoms with van der Waals surface area (Å²) in [5.74, 6) is 0.302. The highest BCUT2D eigenvalue weighted by Gasteiger charge is 2.28. The predicted molar refractivity (Wildman–Crippen MR) is 122 cm³/mol. The van der Waals surface area contributed by atoms with Gasteiger partial charge in [0.25, 0.3) is 11.8 Å². The number of carbonyl (C=O) groups excluding carboxylic acids is 2. The molecule has 1 aromatic carbocycles. The number of anilines is 1. The second-order valence-electron chi connectivity index (χ2n) is 7.97. The minimum Gasteiger partial charge on any atom is -0.497 e. The van der Waals surface area contributed by atoms with Gasteiger partial charge in [-0.15, -0.1) is 0 Å². The van der Waals surface area contributed by atoms with Crippen LogP contribution < -0.4 is 10.1 Å². The summed E-state index contributed by atoms with van der Waals surface area (Å²) in [7, 11) is 1.59. The van der Waals surface area contributed by atoms with Crippen LogP contribution >= 0.6 is 0 Å². The molecule has 4 aromatic rings. The van der Waals surface area contributed by atoms with E-state index in [9.17, 15) is 9.59 Å². The summed E-state index contributed by atoms with van der Waals surface area (Å²) in [5, 5.41) is 7.31. The van der Waals surface area contributed by atoms with Crippen LogP contribution in [0.2, 0.25) is 0 Å². The van der Waals surface area contributed by atoms with E-state index < -0.39 is 0 Å². The Labute approximate surface area is 190 Å². The maximum atomic E-state index is 13.4. The fourth-order valence-corrected chi connectivity index (χ4v) is 4.15. The number of aromatic nitrogens is 4. The van der Waals surface area contributed by atoms with Crippen molar-refractivity contribution in [2.75, 3.05) is 19.0 Å². The normalized spacial score (nSPS) is 13.5. The van der Waals surface area contributed by atoms with Gasteiger partial charge < -0.3 is 19.4 Å². The van der Waals surface area contributed by atoms with E-state index in [0.29, 0.717) is 41.5 Å². The summed E-state index contributed by atoms with van der Waals surface area (Å²) in [4.78, 5) is 32.7. The molecule has 1 aliphatic heterocycles. The minimum absolute atomic E-state index is 0.146. The van der Waals surface area contributed by atoms with Crippen molar-refractivity contribution in [3.63, 3.8) is 0 Å². The van der Waals surface area contributed by atoms with Gasteiger partial charge >= 0.3 is 0 Å². The minimum atomic E-state index is -0.264. The molecule has 0 aliphatic carbocycles. The van der Waals surface area contributed by atoms with E-state index in [1.165, 1.54) is 0 Å². The van der Waals surface area contributed by atoms with Gasteiger partial charge in [-0.25, -0.2) is 4.98 Å². The molecule has 0 radical (unpaired) electrons. The lowest BCUT2D eigenvalue weighted by Gasteiger charge is -2.20. The van der Waals surface area contributed by atoms with Crippen LogP contribution in [0.25, 0.3) is 5.65 Å². The molecule has 0 saturated heterocycles. The van der Waals surface area contributed by atoms with Crippen LogP contribution in [0.1, 0.15) is 38.7 Å². The van der Waals surface area contributed by atoms with Crippen LogP contribution in [0.15, 0.2) is 54.9 Å². The Hall–Kier alpha value is -4.14. The Bertz CT molecular complexity index is 1340. The molecular weight excluding hydrogens is 420 g/mol. The lowest BCUT2D eigenvalue weighted by molar-refractivity contribution is 0.0738. The summed E-state index contributed by atoms with van der Waals surface area (Å²) < 4.78 is 8.88. The van der Waals surface area contributed by atoms with E-state index in [1.807, 2.05) is 40.4 Å². The summed E-state index contributed by atoms with van der Waals surface area (Å²) in [6.07, 6.45) is 4.21. The van der Waals surface area contributed by atoms with Crippen molar-refractivity contribution in [1.82, 2.24) is 24.1 Å². The molecule has 33 heavy (non-hydrogen) atoms. The molecule has 0 unspecified atom stereocenters. The number of imidazole rings is 1. The van der Waals surface area contributed by atoms with Crippen molar-refractivity contribution in [3.8, 4) is 5.75 Å². The van der Waals surface area contributed by atoms with Gasteiger partial charge in [0.05, 0.1) is 36.8 Å². The lowest BCUT2D eigenvalue weighted by Crippen LogP contribution is -2.32. The number of hydrogen-bond donors (Lipinski definition) is 1. The Morgan fingerprint density at radius 1 is 1.09 bits per heavy atom. The highest BCUT2D eigenvalue weighted by Crippen LogP contribution is 2.22. The first-order valence-corrected chi connectivity index (χ1v) is 10.8. The van der Waals surface area contributed by atoms with E-state index >= 15 is 0 Å². The van der Waals surface area contributed by atoms with Crippen molar-refractivity contribution in [2.45, 2.75) is 26.4 Å². The first-order valence-electron chi connectivity index (χ1n) is 10.8. The highest BCUT2D eigenvalue weighted by atomic mass is 16.5. The van der Waals surface area contributed by atoms with Gasteiger partial charge in [0.1, 0.15) is 17.1 Å². The van der Waals surface area contributed by atoms with Gasteiger partial charge in [0, 0.05) is 25.0 Å². The Balaban J connectivity index is 1.40. The van der Waals surface area contributed by atoms with Gasteiger partial charge in [0.15, 0.2) is 0 Å². The fourth-order valence-electron chi connectivity index (χ4n) is 4.15. The first kappa shape index (κ1) is 20.7. The van der Waals surface area contributed by atoms with Crippen LogP contribution in [-0.4, -0.2) is 49.5 Å². The molecule has 9 heteroatoms. The number of fused-ring (bicyclic) bond motifs is 2. The van der Waals surface area contributed by atoms with Crippen LogP contribution in [0.5, 0.6) is 5.75 Å². The monoisotopic (exact) mass is 444 g/mol. The third-order valence-electron chi connectivity index (χ3n) is 5.94. The van der Waals surface area contributed by atoms with Crippen molar-refractivity contribution < 1.29 is 14.3 Å². The summed E-state index contributed by atoms with van der Waals surface area (Å²) in [6.45, 7) is 3.38. The molecule has 4 heterocycles. The van der Waals surface area contributed by atoms with Crippen LogP contribution in [-0.2, 0) is 13.1 Å². The zero-order valence-corrected chi connectivity index (χ0v) is 18.5. The van der Waals surface area contributed by atoms with Crippen LogP contribution in [0.3, 0.4) is 0 Å². The van der Waals surface area contributed by atoms with E-state index in [1.54, 1.807) is 42.5 Å². The molecular formula is C24H24N6O3. The molecule has 168 valence electrons. The SMILES string of the molecule is COc1ccc(NC(=O)c2cnn3c2CN(C(=O)c2nc4ccccn4c2C)CCC3)cc1. The Morgan fingerprint density at radius 2 is 1.91 bits per heavy atom. The number of aryl methyl sites for hydroxylation is 2. The second-order valence-corrected chi connectivity index (χ2v) is 7.97. The van der Waals surface area contributed by atoms with Crippen molar-refractivity contribution in [2.24, 2.45) is 0 Å². The average Bonchev–Trinajstić information content (AvgIpc) is 3.32.